The molecule has 2 rings (SSSR count). The number of hydrogen-bond donors (Lipinski definition) is 1. The minimum Gasteiger partial charge on any atom is -0.481 e. The van der Waals surface area contributed by atoms with Crippen LogP contribution in [0.2, 0.25) is 0 Å². The molecule has 1 aromatic rings. The third-order valence-electron chi connectivity index (χ3n) is 3.18. The lowest BCUT2D eigenvalue weighted by Crippen LogP contribution is -2.21. The van der Waals surface area contributed by atoms with Crippen molar-refractivity contribution < 1.29 is 14.6 Å². The highest BCUT2D eigenvalue weighted by Gasteiger charge is 2.16. The second kappa shape index (κ2) is 6.91. The first-order valence-electron chi connectivity index (χ1n) is 6.53. The molecule has 7 heteroatoms. The number of nitrogens with zero attached hydrogens (tertiary/aromatic N) is 3. The molecule has 106 valence electrons. The van der Waals surface area contributed by atoms with Crippen LogP contribution in [0.15, 0.2) is 5.16 Å². The van der Waals surface area contributed by atoms with Crippen molar-refractivity contribution in [2.24, 2.45) is 0 Å². The van der Waals surface area contributed by atoms with Gasteiger partial charge in [0.2, 0.25) is 0 Å². The third-order valence-corrected chi connectivity index (χ3v) is 4.13. The third kappa shape index (κ3) is 4.21. The first-order chi connectivity index (χ1) is 9.16. The summed E-state index contributed by atoms with van der Waals surface area (Å²) < 4.78 is 7.68. The fourth-order valence-corrected chi connectivity index (χ4v) is 2.89. The van der Waals surface area contributed by atoms with E-state index in [1.807, 2.05) is 11.5 Å². The Morgan fingerprint density at radius 1 is 1.53 bits per heavy atom. The first-order valence-corrected chi connectivity index (χ1v) is 7.51. The Labute approximate surface area is 116 Å². The SMILES string of the molecule is Cc1nnc(SCC(=O)O)n1CCC1CCCCO1. The lowest BCUT2D eigenvalue weighted by Gasteiger charge is -2.22. The van der Waals surface area contributed by atoms with Crippen molar-refractivity contribution in [3.8, 4) is 0 Å². The van der Waals surface area contributed by atoms with Crippen LogP contribution in [0.1, 0.15) is 31.5 Å². The van der Waals surface area contributed by atoms with Crippen LogP contribution in [0.25, 0.3) is 0 Å². The van der Waals surface area contributed by atoms with Gasteiger partial charge >= 0.3 is 5.97 Å². The molecule has 1 aliphatic rings. The molecular weight excluding hydrogens is 266 g/mol. The molecule has 0 aromatic carbocycles. The summed E-state index contributed by atoms with van der Waals surface area (Å²) in [6.45, 7) is 3.53. The largest absolute Gasteiger partial charge is 0.481 e. The molecule has 0 saturated carbocycles. The zero-order valence-electron chi connectivity index (χ0n) is 11.0. The molecule has 1 atom stereocenters. The van der Waals surface area contributed by atoms with Crippen molar-refractivity contribution in [1.29, 1.82) is 0 Å². The predicted octanol–water partition coefficient (Wildman–Crippen LogP) is 1.72. The Morgan fingerprint density at radius 3 is 3.05 bits per heavy atom. The highest BCUT2D eigenvalue weighted by Crippen LogP contribution is 2.20. The molecule has 0 aliphatic carbocycles. The van der Waals surface area contributed by atoms with Gasteiger partial charge in [-0.2, -0.15) is 0 Å². The molecular formula is C12H19N3O3S. The highest BCUT2D eigenvalue weighted by atomic mass is 32.2. The number of thioether (sulfide) groups is 1. The number of rotatable bonds is 6. The average Bonchev–Trinajstić information content (AvgIpc) is 2.76. The Balaban J connectivity index is 1.90. The standard InChI is InChI=1S/C12H19N3O3S/c1-9-13-14-12(19-8-11(16)17)15(9)6-5-10-4-2-3-7-18-10/h10H,2-8H2,1H3,(H,16,17). The van der Waals surface area contributed by atoms with E-state index in [1.54, 1.807) is 0 Å². The van der Waals surface area contributed by atoms with Crippen molar-refractivity contribution in [2.75, 3.05) is 12.4 Å². The van der Waals surface area contributed by atoms with Crippen molar-refractivity contribution in [3.05, 3.63) is 5.82 Å². The molecule has 1 N–H and O–H groups in total. The molecule has 6 nitrogen and oxygen atoms in total. The topological polar surface area (TPSA) is 77.2 Å². The normalized spacial score (nSPS) is 19.5. The van der Waals surface area contributed by atoms with Crippen LogP contribution < -0.4 is 0 Å². The number of hydrogen-bond acceptors (Lipinski definition) is 5. The van der Waals surface area contributed by atoms with Crippen molar-refractivity contribution in [1.82, 2.24) is 14.8 Å². The lowest BCUT2D eigenvalue weighted by atomic mass is 10.1. The Morgan fingerprint density at radius 2 is 2.37 bits per heavy atom. The molecule has 19 heavy (non-hydrogen) atoms. The van der Waals surface area contributed by atoms with Gasteiger partial charge in [0.15, 0.2) is 5.16 Å². The summed E-state index contributed by atoms with van der Waals surface area (Å²) >= 11 is 1.21. The van der Waals surface area contributed by atoms with E-state index >= 15 is 0 Å². The van der Waals surface area contributed by atoms with E-state index < -0.39 is 5.97 Å². The van der Waals surface area contributed by atoms with E-state index in [0.717, 1.165) is 38.2 Å². The van der Waals surface area contributed by atoms with E-state index in [0.29, 0.717) is 11.3 Å². The van der Waals surface area contributed by atoms with Gasteiger partial charge in [0, 0.05) is 13.2 Å². The van der Waals surface area contributed by atoms with Gasteiger partial charge in [0.1, 0.15) is 5.82 Å². The first kappa shape index (κ1) is 14.3. The smallest absolute Gasteiger partial charge is 0.313 e. The summed E-state index contributed by atoms with van der Waals surface area (Å²) in [5.41, 5.74) is 0. The fourth-order valence-electron chi connectivity index (χ4n) is 2.16. The van der Waals surface area contributed by atoms with Crippen LogP contribution in [0.4, 0.5) is 0 Å². The Kier molecular flexibility index (Phi) is 5.21. The maximum absolute atomic E-state index is 10.6. The molecule has 1 saturated heterocycles. The maximum Gasteiger partial charge on any atom is 0.313 e. The molecule has 1 unspecified atom stereocenters. The van der Waals surface area contributed by atoms with Crippen molar-refractivity contribution in [3.63, 3.8) is 0 Å². The lowest BCUT2D eigenvalue weighted by molar-refractivity contribution is -0.133. The molecule has 1 aromatic heterocycles. The van der Waals surface area contributed by atoms with Crippen LogP contribution in [0, 0.1) is 6.92 Å². The fraction of sp³-hybridized carbons (Fsp3) is 0.750. The minimum atomic E-state index is -0.840. The van der Waals surface area contributed by atoms with Gasteiger partial charge in [-0.05, 0) is 32.6 Å². The van der Waals surface area contributed by atoms with Crippen molar-refractivity contribution >= 4 is 17.7 Å². The number of aromatic nitrogens is 3. The quantitative estimate of drug-likeness (QED) is 0.802. The van der Waals surface area contributed by atoms with E-state index in [4.69, 9.17) is 9.84 Å². The summed E-state index contributed by atoms with van der Waals surface area (Å²) in [5.74, 6) is -0.00515. The summed E-state index contributed by atoms with van der Waals surface area (Å²) in [6, 6.07) is 0. The van der Waals surface area contributed by atoms with Crippen LogP contribution in [-0.4, -0.2) is 44.3 Å². The van der Waals surface area contributed by atoms with Crippen molar-refractivity contribution in [2.45, 2.75) is 50.4 Å². The Bertz CT molecular complexity index is 430. The second-order valence-corrected chi connectivity index (χ2v) is 5.58. The Hall–Kier alpha value is -1.08. The maximum atomic E-state index is 10.6. The molecule has 0 amide bonds. The number of ether oxygens (including phenoxy) is 1. The molecule has 1 aliphatic heterocycles. The zero-order valence-corrected chi connectivity index (χ0v) is 11.9. The number of aliphatic carboxylic acids is 1. The van der Waals surface area contributed by atoms with Gasteiger partial charge in [-0.25, -0.2) is 0 Å². The van der Waals surface area contributed by atoms with Crippen LogP contribution in [0.5, 0.6) is 0 Å². The van der Waals surface area contributed by atoms with Gasteiger partial charge in [-0.3, -0.25) is 4.79 Å². The number of carboxylic acid groups (broad SMARTS) is 1. The van der Waals surface area contributed by atoms with Gasteiger partial charge in [0.05, 0.1) is 11.9 Å². The predicted molar refractivity (Wildman–Crippen MR) is 71.3 cm³/mol. The van der Waals surface area contributed by atoms with Gasteiger partial charge in [-0.15, -0.1) is 10.2 Å². The second-order valence-electron chi connectivity index (χ2n) is 4.64. The summed E-state index contributed by atoms with van der Waals surface area (Å²) in [5, 5.41) is 17.4. The van der Waals surface area contributed by atoms with Gasteiger partial charge in [0.25, 0.3) is 0 Å². The van der Waals surface area contributed by atoms with E-state index in [2.05, 4.69) is 10.2 Å². The van der Waals surface area contributed by atoms with E-state index in [1.165, 1.54) is 18.2 Å². The minimum absolute atomic E-state index is 0.0120. The van der Waals surface area contributed by atoms with E-state index in [-0.39, 0.29) is 5.75 Å². The summed E-state index contributed by atoms with van der Waals surface area (Å²) in [6.07, 6.45) is 4.74. The van der Waals surface area contributed by atoms with Crippen LogP contribution in [-0.2, 0) is 16.1 Å². The molecule has 0 spiro atoms. The number of carboxylic acids is 1. The average molecular weight is 285 g/mol. The van der Waals surface area contributed by atoms with Crippen LogP contribution in [0.3, 0.4) is 0 Å². The molecule has 2 heterocycles. The molecule has 0 bridgehead atoms. The summed E-state index contributed by atoms with van der Waals surface area (Å²) in [4.78, 5) is 10.6. The highest BCUT2D eigenvalue weighted by molar-refractivity contribution is 7.99. The molecule has 1 fully saturated rings. The van der Waals surface area contributed by atoms with Gasteiger partial charge in [-0.1, -0.05) is 11.8 Å². The number of aryl methyl sites for hydroxylation is 1. The monoisotopic (exact) mass is 285 g/mol. The summed E-state index contributed by atoms with van der Waals surface area (Å²) in [7, 11) is 0. The van der Waals surface area contributed by atoms with E-state index in [9.17, 15) is 4.79 Å². The zero-order chi connectivity index (χ0) is 13.7. The van der Waals surface area contributed by atoms with Gasteiger partial charge < -0.3 is 14.4 Å². The molecule has 0 radical (unpaired) electrons. The number of carbonyl (C=O) groups is 1. The van der Waals surface area contributed by atoms with Crippen LogP contribution >= 0.6 is 11.8 Å².